The molecule has 0 aliphatic heterocycles. The summed E-state index contributed by atoms with van der Waals surface area (Å²) in [6.45, 7) is 3.13. The van der Waals surface area contributed by atoms with E-state index in [1.807, 2.05) is 7.05 Å². The summed E-state index contributed by atoms with van der Waals surface area (Å²) in [4.78, 5) is 2.36. The molecular weight excluding hydrogens is 282 g/mol. The second kappa shape index (κ2) is 6.63. The lowest BCUT2D eigenvalue weighted by Crippen LogP contribution is -2.29. The molecule has 0 amide bonds. The van der Waals surface area contributed by atoms with Crippen LogP contribution < -0.4 is 15.8 Å². The van der Waals surface area contributed by atoms with Crippen molar-refractivity contribution in [3.05, 3.63) is 59.2 Å². The predicted molar refractivity (Wildman–Crippen MR) is 98.9 cm³/mol. The first-order valence-electron chi connectivity index (χ1n) is 8.51. The molecule has 0 spiro atoms. The van der Waals surface area contributed by atoms with Crippen LogP contribution in [0.15, 0.2) is 42.5 Å². The Bertz CT molecular complexity index is 654. The van der Waals surface area contributed by atoms with Crippen LogP contribution in [0.2, 0.25) is 0 Å². The van der Waals surface area contributed by atoms with E-state index in [1.54, 1.807) is 5.01 Å². The van der Waals surface area contributed by atoms with Gasteiger partial charge in [0.15, 0.2) is 0 Å². The fourth-order valence-electron chi connectivity index (χ4n) is 3.36. The van der Waals surface area contributed by atoms with Crippen molar-refractivity contribution in [2.45, 2.75) is 38.6 Å². The number of aryl methyl sites for hydroxylation is 1. The van der Waals surface area contributed by atoms with E-state index in [1.165, 1.54) is 35.2 Å². The minimum Gasteiger partial charge on any atom is -0.368 e. The SMILES string of the molecule is CCc1ccccc1CN(C)c1c(C2CC2)cccc1N(C)N. The number of anilines is 2. The largest absolute Gasteiger partial charge is 0.368 e. The number of para-hydroxylation sites is 1. The highest BCUT2D eigenvalue weighted by atomic mass is 15.4. The van der Waals surface area contributed by atoms with Crippen molar-refractivity contribution in [1.29, 1.82) is 0 Å². The van der Waals surface area contributed by atoms with Gasteiger partial charge in [0.05, 0.1) is 11.4 Å². The van der Waals surface area contributed by atoms with Crippen LogP contribution in [-0.4, -0.2) is 14.1 Å². The highest BCUT2D eigenvalue weighted by Gasteiger charge is 2.29. The molecule has 2 aromatic rings. The van der Waals surface area contributed by atoms with Crippen LogP contribution in [0.3, 0.4) is 0 Å². The molecule has 0 bridgehead atoms. The van der Waals surface area contributed by atoms with Crippen molar-refractivity contribution in [1.82, 2.24) is 0 Å². The molecular formula is C20H27N3. The molecule has 3 nitrogen and oxygen atoms in total. The second-order valence-electron chi connectivity index (χ2n) is 6.58. The van der Waals surface area contributed by atoms with Gasteiger partial charge in [-0.2, -0.15) is 0 Å². The lowest BCUT2D eigenvalue weighted by atomic mass is 10.0. The molecule has 122 valence electrons. The molecule has 1 aliphatic carbocycles. The molecule has 1 saturated carbocycles. The van der Waals surface area contributed by atoms with E-state index in [2.05, 4.69) is 61.3 Å². The molecule has 0 unspecified atom stereocenters. The van der Waals surface area contributed by atoms with Gasteiger partial charge in [-0.3, -0.25) is 0 Å². The number of hydrazine groups is 1. The molecule has 0 aromatic heterocycles. The number of hydrogen-bond acceptors (Lipinski definition) is 3. The van der Waals surface area contributed by atoms with Crippen molar-refractivity contribution >= 4 is 11.4 Å². The molecule has 3 heteroatoms. The van der Waals surface area contributed by atoms with E-state index in [9.17, 15) is 0 Å². The van der Waals surface area contributed by atoms with Gasteiger partial charge < -0.3 is 9.91 Å². The molecule has 2 N–H and O–H groups in total. The number of nitrogens with zero attached hydrogens (tertiary/aromatic N) is 2. The van der Waals surface area contributed by atoms with Gasteiger partial charge in [-0.25, -0.2) is 5.84 Å². The lowest BCUT2D eigenvalue weighted by molar-refractivity contribution is 0.878. The average Bonchev–Trinajstić information content (AvgIpc) is 3.39. The van der Waals surface area contributed by atoms with E-state index < -0.39 is 0 Å². The van der Waals surface area contributed by atoms with Gasteiger partial charge in [-0.15, -0.1) is 0 Å². The number of nitrogens with two attached hydrogens (primary N) is 1. The minimum atomic E-state index is 0.703. The zero-order valence-corrected chi connectivity index (χ0v) is 14.4. The Morgan fingerprint density at radius 3 is 2.30 bits per heavy atom. The predicted octanol–water partition coefficient (Wildman–Crippen LogP) is 4.07. The van der Waals surface area contributed by atoms with Crippen molar-refractivity contribution in [3.63, 3.8) is 0 Å². The third kappa shape index (κ3) is 3.35. The van der Waals surface area contributed by atoms with Crippen LogP contribution in [-0.2, 0) is 13.0 Å². The zero-order chi connectivity index (χ0) is 16.4. The summed E-state index contributed by atoms with van der Waals surface area (Å²) in [6, 6.07) is 15.2. The second-order valence-corrected chi connectivity index (χ2v) is 6.58. The summed E-state index contributed by atoms with van der Waals surface area (Å²) < 4.78 is 0. The van der Waals surface area contributed by atoms with Crippen molar-refractivity contribution in [2.75, 3.05) is 24.0 Å². The molecule has 1 fully saturated rings. The number of benzene rings is 2. The Hall–Kier alpha value is -2.00. The third-order valence-corrected chi connectivity index (χ3v) is 4.73. The maximum atomic E-state index is 6.10. The van der Waals surface area contributed by atoms with Crippen LogP contribution >= 0.6 is 0 Å². The Morgan fingerprint density at radius 1 is 1.00 bits per heavy atom. The first kappa shape index (κ1) is 15.9. The van der Waals surface area contributed by atoms with E-state index in [0.29, 0.717) is 5.92 Å². The smallest absolute Gasteiger partial charge is 0.0750 e. The Balaban J connectivity index is 1.96. The fraction of sp³-hybridized carbons (Fsp3) is 0.400. The normalized spacial score (nSPS) is 13.9. The van der Waals surface area contributed by atoms with Gasteiger partial charge in [-0.05, 0) is 47.9 Å². The summed E-state index contributed by atoms with van der Waals surface area (Å²) in [5, 5.41) is 1.74. The maximum Gasteiger partial charge on any atom is 0.0750 e. The fourth-order valence-corrected chi connectivity index (χ4v) is 3.36. The van der Waals surface area contributed by atoms with E-state index in [0.717, 1.165) is 18.7 Å². The van der Waals surface area contributed by atoms with E-state index in [-0.39, 0.29) is 0 Å². The lowest BCUT2D eigenvalue weighted by Gasteiger charge is -2.29. The van der Waals surface area contributed by atoms with Crippen LogP contribution in [0.4, 0.5) is 11.4 Å². The van der Waals surface area contributed by atoms with Crippen LogP contribution in [0.25, 0.3) is 0 Å². The van der Waals surface area contributed by atoms with E-state index >= 15 is 0 Å². The Morgan fingerprint density at radius 2 is 1.70 bits per heavy atom. The van der Waals surface area contributed by atoms with Crippen LogP contribution in [0.5, 0.6) is 0 Å². The number of hydrogen-bond donors (Lipinski definition) is 1. The molecule has 0 saturated heterocycles. The average molecular weight is 309 g/mol. The molecule has 1 aliphatic rings. The summed E-state index contributed by atoms with van der Waals surface area (Å²) in [5.41, 5.74) is 6.65. The Labute approximate surface area is 139 Å². The van der Waals surface area contributed by atoms with Gasteiger partial charge in [0, 0.05) is 20.6 Å². The van der Waals surface area contributed by atoms with Gasteiger partial charge in [-0.1, -0.05) is 43.3 Å². The maximum absolute atomic E-state index is 6.10. The summed E-state index contributed by atoms with van der Waals surface area (Å²) in [5.74, 6) is 6.80. The summed E-state index contributed by atoms with van der Waals surface area (Å²) >= 11 is 0. The van der Waals surface area contributed by atoms with Crippen LogP contribution in [0, 0.1) is 0 Å². The van der Waals surface area contributed by atoms with Gasteiger partial charge in [0.1, 0.15) is 0 Å². The third-order valence-electron chi connectivity index (χ3n) is 4.73. The van der Waals surface area contributed by atoms with E-state index in [4.69, 9.17) is 5.84 Å². The first-order chi connectivity index (χ1) is 11.1. The van der Waals surface area contributed by atoms with Crippen LogP contribution in [0.1, 0.15) is 42.4 Å². The molecule has 0 radical (unpaired) electrons. The van der Waals surface area contributed by atoms with Crippen molar-refractivity contribution < 1.29 is 0 Å². The van der Waals surface area contributed by atoms with Gasteiger partial charge in [0.25, 0.3) is 0 Å². The molecule has 3 rings (SSSR count). The molecule has 0 heterocycles. The molecule has 0 atom stereocenters. The monoisotopic (exact) mass is 309 g/mol. The Kier molecular flexibility index (Phi) is 4.58. The quantitative estimate of drug-likeness (QED) is 0.645. The molecule has 23 heavy (non-hydrogen) atoms. The highest BCUT2D eigenvalue weighted by molar-refractivity contribution is 5.75. The summed E-state index contributed by atoms with van der Waals surface area (Å²) in [6.07, 6.45) is 3.66. The molecule has 2 aromatic carbocycles. The summed E-state index contributed by atoms with van der Waals surface area (Å²) in [7, 11) is 4.10. The van der Waals surface area contributed by atoms with Crippen molar-refractivity contribution in [3.8, 4) is 0 Å². The van der Waals surface area contributed by atoms with Crippen molar-refractivity contribution in [2.24, 2.45) is 5.84 Å². The topological polar surface area (TPSA) is 32.5 Å². The van der Waals surface area contributed by atoms with Gasteiger partial charge >= 0.3 is 0 Å². The first-order valence-corrected chi connectivity index (χ1v) is 8.51. The van der Waals surface area contributed by atoms with Gasteiger partial charge in [0.2, 0.25) is 0 Å². The minimum absolute atomic E-state index is 0.703. The zero-order valence-electron chi connectivity index (χ0n) is 14.4. The highest BCUT2D eigenvalue weighted by Crippen LogP contribution is 2.47. The standard InChI is InChI=1S/C20H27N3/c1-4-15-8-5-6-9-17(15)14-22(2)20-18(16-12-13-16)10-7-11-19(20)23(3)21/h5-11,16H,4,12-14,21H2,1-3H3. The number of rotatable bonds is 6.